The van der Waals surface area contributed by atoms with Crippen LogP contribution in [0.25, 0.3) is 0 Å². The summed E-state index contributed by atoms with van der Waals surface area (Å²) in [5.41, 5.74) is 6.30. The van der Waals surface area contributed by atoms with E-state index in [9.17, 15) is 9.18 Å². The molecule has 3 nitrogen and oxygen atoms in total. The summed E-state index contributed by atoms with van der Waals surface area (Å²) in [4.78, 5) is 14.0. The monoisotopic (exact) mass is 252 g/mol. The minimum atomic E-state index is -0.282. The molecular weight excluding hydrogens is 231 g/mol. The molecule has 0 bridgehead atoms. The Kier molecular flexibility index (Phi) is 5.78. The summed E-state index contributed by atoms with van der Waals surface area (Å²) < 4.78 is 12.8. The maximum Gasteiger partial charge on any atom is 0.227 e. The van der Waals surface area contributed by atoms with E-state index in [2.05, 4.69) is 0 Å². The Morgan fingerprint density at radius 3 is 2.44 bits per heavy atom. The van der Waals surface area contributed by atoms with E-state index in [0.717, 1.165) is 12.0 Å². The fourth-order valence-electron chi connectivity index (χ4n) is 1.81. The van der Waals surface area contributed by atoms with Crippen LogP contribution in [0.3, 0.4) is 0 Å². The van der Waals surface area contributed by atoms with Gasteiger partial charge in [-0.05, 0) is 44.5 Å². The summed E-state index contributed by atoms with van der Waals surface area (Å²) in [6, 6.07) is 6.21. The molecule has 0 aliphatic heterocycles. The maximum absolute atomic E-state index is 12.8. The Hall–Kier alpha value is -1.42. The van der Waals surface area contributed by atoms with Gasteiger partial charge in [0.05, 0.1) is 6.42 Å². The highest BCUT2D eigenvalue weighted by Gasteiger charge is 2.16. The van der Waals surface area contributed by atoms with Crippen LogP contribution >= 0.6 is 0 Å². The van der Waals surface area contributed by atoms with Gasteiger partial charge in [0.25, 0.3) is 0 Å². The van der Waals surface area contributed by atoms with Crippen molar-refractivity contribution < 1.29 is 9.18 Å². The van der Waals surface area contributed by atoms with E-state index in [1.807, 2.05) is 18.7 Å². The van der Waals surface area contributed by atoms with Crippen molar-refractivity contribution in [2.45, 2.75) is 32.7 Å². The first-order chi connectivity index (χ1) is 8.54. The van der Waals surface area contributed by atoms with Crippen LogP contribution in [0.2, 0.25) is 0 Å². The van der Waals surface area contributed by atoms with Crippen molar-refractivity contribution in [1.82, 2.24) is 4.90 Å². The highest BCUT2D eigenvalue weighted by molar-refractivity contribution is 5.79. The fourth-order valence-corrected chi connectivity index (χ4v) is 1.81. The van der Waals surface area contributed by atoms with Crippen molar-refractivity contribution in [1.29, 1.82) is 0 Å². The van der Waals surface area contributed by atoms with Crippen molar-refractivity contribution in [3.63, 3.8) is 0 Å². The van der Waals surface area contributed by atoms with Gasteiger partial charge >= 0.3 is 0 Å². The van der Waals surface area contributed by atoms with Crippen LogP contribution in [-0.2, 0) is 11.2 Å². The van der Waals surface area contributed by atoms with Gasteiger partial charge in [-0.25, -0.2) is 4.39 Å². The van der Waals surface area contributed by atoms with Gasteiger partial charge in [-0.15, -0.1) is 0 Å². The lowest BCUT2D eigenvalue weighted by Crippen LogP contribution is -2.39. The van der Waals surface area contributed by atoms with Gasteiger partial charge in [0, 0.05) is 12.6 Å². The van der Waals surface area contributed by atoms with E-state index in [-0.39, 0.29) is 17.8 Å². The quantitative estimate of drug-likeness (QED) is 0.841. The van der Waals surface area contributed by atoms with Crippen LogP contribution in [0.15, 0.2) is 24.3 Å². The number of amides is 1. The van der Waals surface area contributed by atoms with Gasteiger partial charge in [0.15, 0.2) is 0 Å². The second-order valence-corrected chi connectivity index (χ2v) is 4.63. The van der Waals surface area contributed by atoms with Crippen molar-refractivity contribution in [2.75, 3.05) is 13.1 Å². The summed E-state index contributed by atoms with van der Waals surface area (Å²) in [7, 11) is 0. The van der Waals surface area contributed by atoms with E-state index in [4.69, 9.17) is 5.73 Å². The molecule has 0 aliphatic carbocycles. The molecule has 0 saturated carbocycles. The molecule has 1 aromatic carbocycles. The van der Waals surface area contributed by atoms with E-state index < -0.39 is 0 Å². The number of hydrogen-bond acceptors (Lipinski definition) is 2. The Labute approximate surface area is 108 Å². The topological polar surface area (TPSA) is 46.3 Å². The number of nitrogens with two attached hydrogens (primary N) is 1. The molecule has 0 fully saturated rings. The molecule has 1 amide bonds. The second-order valence-electron chi connectivity index (χ2n) is 4.63. The largest absolute Gasteiger partial charge is 0.340 e. The zero-order chi connectivity index (χ0) is 13.5. The third kappa shape index (κ3) is 4.45. The Morgan fingerprint density at radius 1 is 1.33 bits per heavy atom. The SMILES string of the molecule is CC(C)N(CCCN)C(=O)Cc1ccc(F)cc1. The smallest absolute Gasteiger partial charge is 0.227 e. The molecule has 0 unspecified atom stereocenters. The lowest BCUT2D eigenvalue weighted by Gasteiger charge is -2.26. The van der Waals surface area contributed by atoms with Crippen LogP contribution < -0.4 is 5.73 Å². The molecule has 4 heteroatoms. The Balaban J connectivity index is 2.63. The number of nitrogens with zero attached hydrogens (tertiary/aromatic N) is 1. The normalized spacial score (nSPS) is 10.7. The number of halogens is 1. The van der Waals surface area contributed by atoms with E-state index in [0.29, 0.717) is 19.5 Å². The highest BCUT2D eigenvalue weighted by Crippen LogP contribution is 2.08. The number of carbonyl (C=O) groups excluding carboxylic acids is 1. The van der Waals surface area contributed by atoms with Crippen molar-refractivity contribution in [3.8, 4) is 0 Å². The van der Waals surface area contributed by atoms with Crippen molar-refractivity contribution in [2.24, 2.45) is 5.73 Å². The van der Waals surface area contributed by atoms with Crippen LogP contribution in [0, 0.1) is 5.82 Å². The number of benzene rings is 1. The summed E-state index contributed by atoms with van der Waals surface area (Å²) in [5, 5.41) is 0. The predicted octanol–water partition coefficient (Wildman–Crippen LogP) is 1.95. The Bertz CT molecular complexity index is 376. The highest BCUT2D eigenvalue weighted by atomic mass is 19.1. The van der Waals surface area contributed by atoms with Crippen LogP contribution in [0.5, 0.6) is 0 Å². The Morgan fingerprint density at radius 2 is 1.94 bits per heavy atom. The fraction of sp³-hybridized carbons (Fsp3) is 0.500. The number of hydrogen-bond donors (Lipinski definition) is 1. The van der Waals surface area contributed by atoms with Crippen molar-refractivity contribution >= 4 is 5.91 Å². The van der Waals surface area contributed by atoms with E-state index in [1.165, 1.54) is 12.1 Å². The lowest BCUT2D eigenvalue weighted by atomic mass is 10.1. The average Bonchev–Trinajstić information content (AvgIpc) is 2.32. The van der Waals surface area contributed by atoms with Crippen LogP contribution in [-0.4, -0.2) is 29.9 Å². The molecule has 0 aliphatic rings. The third-order valence-electron chi connectivity index (χ3n) is 2.82. The zero-order valence-corrected chi connectivity index (χ0v) is 11.0. The molecular formula is C14H21FN2O. The van der Waals surface area contributed by atoms with E-state index >= 15 is 0 Å². The molecule has 0 radical (unpaired) electrons. The molecule has 100 valence electrons. The van der Waals surface area contributed by atoms with Crippen LogP contribution in [0.4, 0.5) is 4.39 Å². The molecule has 0 heterocycles. The number of carbonyl (C=O) groups is 1. The lowest BCUT2D eigenvalue weighted by molar-refractivity contribution is -0.132. The summed E-state index contributed by atoms with van der Waals surface area (Å²) >= 11 is 0. The predicted molar refractivity (Wildman–Crippen MR) is 70.6 cm³/mol. The van der Waals surface area contributed by atoms with Gasteiger partial charge in [-0.1, -0.05) is 12.1 Å². The molecule has 0 saturated heterocycles. The second kappa shape index (κ2) is 7.11. The minimum absolute atomic E-state index is 0.0602. The average molecular weight is 252 g/mol. The van der Waals surface area contributed by atoms with Gasteiger partial charge in [0.2, 0.25) is 5.91 Å². The first-order valence-electron chi connectivity index (χ1n) is 6.28. The first-order valence-corrected chi connectivity index (χ1v) is 6.28. The summed E-state index contributed by atoms with van der Waals surface area (Å²) in [6.45, 7) is 5.22. The van der Waals surface area contributed by atoms with Gasteiger partial charge in [-0.3, -0.25) is 4.79 Å². The summed E-state index contributed by atoms with van der Waals surface area (Å²) in [5.74, 6) is -0.222. The minimum Gasteiger partial charge on any atom is -0.340 e. The third-order valence-corrected chi connectivity index (χ3v) is 2.82. The van der Waals surface area contributed by atoms with Gasteiger partial charge < -0.3 is 10.6 Å². The molecule has 0 aromatic heterocycles. The first kappa shape index (κ1) is 14.6. The zero-order valence-electron chi connectivity index (χ0n) is 11.0. The standard InChI is InChI=1S/C14H21FN2O/c1-11(2)17(9-3-8-16)14(18)10-12-4-6-13(15)7-5-12/h4-7,11H,3,8-10,16H2,1-2H3. The molecule has 18 heavy (non-hydrogen) atoms. The molecule has 2 N–H and O–H groups in total. The maximum atomic E-state index is 12.8. The van der Waals surface area contributed by atoms with Gasteiger partial charge in [-0.2, -0.15) is 0 Å². The molecule has 0 atom stereocenters. The van der Waals surface area contributed by atoms with Crippen molar-refractivity contribution in [3.05, 3.63) is 35.6 Å². The molecule has 1 aromatic rings. The van der Waals surface area contributed by atoms with E-state index in [1.54, 1.807) is 12.1 Å². The summed E-state index contributed by atoms with van der Waals surface area (Å²) in [6.07, 6.45) is 1.11. The molecule has 1 rings (SSSR count). The van der Waals surface area contributed by atoms with Gasteiger partial charge in [0.1, 0.15) is 5.82 Å². The number of rotatable bonds is 6. The molecule has 0 spiro atoms. The van der Waals surface area contributed by atoms with Crippen LogP contribution in [0.1, 0.15) is 25.8 Å².